The van der Waals surface area contributed by atoms with Crippen LogP contribution in [0.15, 0.2) is 72.2 Å². The summed E-state index contributed by atoms with van der Waals surface area (Å²) in [6, 6.07) is 13.1. The second-order valence-corrected chi connectivity index (χ2v) is 9.99. The number of hydrogen-bond donors (Lipinski definition) is 2. The lowest BCUT2D eigenvalue weighted by atomic mass is 10.1. The number of anilines is 2. The third-order valence-corrected chi connectivity index (χ3v) is 6.80. The molecule has 1 saturated heterocycles. The topological polar surface area (TPSA) is 86.4 Å². The number of amides is 3. The average Bonchev–Trinajstić information content (AvgIpc) is 2.96. The van der Waals surface area contributed by atoms with Gasteiger partial charge in [-0.1, -0.05) is 13.3 Å². The third kappa shape index (κ3) is 8.36. The van der Waals surface area contributed by atoms with Gasteiger partial charge in [0.1, 0.15) is 17.2 Å². The van der Waals surface area contributed by atoms with Crippen molar-refractivity contribution in [3.63, 3.8) is 0 Å². The van der Waals surface area contributed by atoms with Crippen LogP contribution in [0.2, 0.25) is 0 Å². The van der Waals surface area contributed by atoms with E-state index >= 15 is 0 Å². The Morgan fingerprint density at radius 2 is 1.61 bits per heavy atom. The van der Waals surface area contributed by atoms with Crippen LogP contribution in [-0.2, 0) is 4.79 Å². The Hall–Kier alpha value is -4.28. The molecule has 41 heavy (non-hydrogen) atoms. The second-order valence-electron chi connectivity index (χ2n) is 9.99. The van der Waals surface area contributed by atoms with Crippen molar-refractivity contribution in [1.29, 1.82) is 0 Å². The molecule has 3 amide bonds. The van der Waals surface area contributed by atoms with Crippen molar-refractivity contribution in [2.45, 2.75) is 39.2 Å². The van der Waals surface area contributed by atoms with Crippen LogP contribution in [0.25, 0.3) is 0 Å². The van der Waals surface area contributed by atoms with Gasteiger partial charge >= 0.3 is 12.1 Å². The molecule has 0 aliphatic carbocycles. The zero-order valence-electron chi connectivity index (χ0n) is 23.7. The smallest absolute Gasteiger partial charge is 0.394 e. The summed E-state index contributed by atoms with van der Waals surface area (Å²) in [6.07, 6.45) is 2.62. The van der Waals surface area contributed by atoms with Crippen LogP contribution in [0.1, 0.15) is 33.1 Å². The SMILES string of the molecule is CCCCN1C=C(NC(=O)Nc2ccc(OC(C)(F)F)cc2)CC=C1C(=O)N1CCN(c2ccc(OC)cc2)CC1. The molecule has 0 radical (unpaired) electrons. The van der Waals surface area contributed by atoms with Crippen molar-refractivity contribution in [1.82, 2.24) is 15.1 Å². The molecule has 4 rings (SSSR count). The molecule has 2 N–H and O–H groups in total. The van der Waals surface area contributed by atoms with Gasteiger partial charge in [-0.2, -0.15) is 8.78 Å². The first-order valence-corrected chi connectivity index (χ1v) is 13.8. The van der Waals surface area contributed by atoms with E-state index in [9.17, 15) is 18.4 Å². The second kappa shape index (κ2) is 13.4. The molecular formula is C30H37F2N5O4. The number of benzene rings is 2. The van der Waals surface area contributed by atoms with Crippen LogP contribution in [0, 0.1) is 0 Å². The van der Waals surface area contributed by atoms with Gasteiger partial charge in [-0.05, 0) is 61.0 Å². The van der Waals surface area contributed by atoms with Crippen LogP contribution in [0.4, 0.5) is 25.0 Å². The van der Waals surface area contributed by atoms with E-state index in [0.29, 0.717) is 50.1 Å². The Labute approximate surface area is 239 Å². The van der Waals surface area contributed by atoms with Gasteiger partial charge < -0.3 is 34.8 Å². The van der Waals surface area contributed by atoms with Crippen molar-refractivity contribution < 1.29 is 27.8 Å². The Balaban J connectivity index is 1.33. The number of hydrogen-bond acceptors (Lipinski definition) is 6. The minimum Gasteiger partial charge on any atom is -0.497 e. The predicted octanol–water partition coefficient (Wildman–Crippen LogP) is 5.39. The van der Waals surface area contributed by atoms with E-state index in [4.69, 9.17) is 4.74 Å². The van der Waals surface area contributed by atoms with Crippen LogP contribution >= 0.6 is 0 Å². The molecule has 2 aliphatic rings. The van der Waals surface area contributed by atoms with Crippen LogP contribution < -0.4 is 25.0 Å². The molecule has 0 unspecified atom stereocenters. The molecule has 1 fully saturated rings. The number of urea groups is 1. The van der Waals surface area contributed by atoms with Gasteiger partial charge in [0.15, 0.2) is 0 Å². The standard InChI is InChI=1S/C30H37F2N5O4/c1-4-5-16-37-21-23(34-29(39)33-22-6-11-26(12-7-22)41-30(2,31)32)8-15-27(37)28(38)36-19-17-35(18-20-36)24-9-13-25(40-3)14-10-24/h6-7,9-15,21H,4-5,8,16-20H2,1-3H3,(H2,33,34,39). The summed E-state index contributed by atoms with van der Waals surface area (Å²) in [5, 5.41) is 5.52. The van der Waals surface area contributed by atoms with E-state index in [0.717, 1.165) is 37.4 Å². The molecule has 0 atom stereocenters. The fourth-order valence-electron chi connectivity index (χ4n) is 4.69. The highest BCUT2D eigenvalue weighted by molar-refractivity contribution is 5.94. The van der Waals surface area contributed by atoms with E-state index in [1.54, 1.807) is 7.11 Å². The lowest BCUT2D eigenvalue weighted by Crippen LogP contribution is -2.50. The van der Waals surface area contributed by atoms with Gasteiger partial charge in [-0.3, -0.25) is 4.79 Å². The normalized spacial score (nSPS) is 15.6. The minimum absolute atomic E-state index is 0.00510. The highest BCUT2D eigenvalue weighted by Gasteiger charge is 2.28. The first-order valence-electron chi connectivity index (χ1n) is 13.8. The molecule has 2 aliphatic heterocycles. The quantitative estimate of drug-likeness (QED) is 0.399. The number of piperazine rings is 1. The van der Waals surface area contributed by atoms with Crippen LogP contribution in [-0.4, -0.2) is 67.7 Å². The predicted molar refractivity (Wildman–Crippen MR) is 154 cm³/mol. The number of halogens is 2. The Kier molecular flexibility index (Phi) is 9.69. The number of carbonyl (C=O) groups is 2. The maximum absolute atomic E-state index is 13.5. The molecule has 0 spiro atoms. The number of nitrogens with zero attached hydrogens (tertiary/aromatic N) is 3. The first kappa shape index (κ1) is 29.7. The summed E-state index contributed by atoms with van der Waals surface area (Å²) in [4.78, 5) is 32.2. The number of ether oxygens (including phenoxy) is 2. The average molecular weight is 570 g/mol. The highest BCUT2D eigenvalue weighted by Crippen LogP contribution is 2.25. The van der Waals surface area contributed by atoms with Crippen LogP contribution in [0.5, 0.6) is 11.5 Å². The summed E-state index contributed by atoms with van der Waals surface area (Å²) in [5.74, 6) is 0.786. The third-order valence-electron chi connectivity index (χ3n) is 6.80. The number of alkyl halides is 2. The van der Waals surface area contributed by atoms with Crippen LogP contribution in [0.3, 0.4) is 0 Å². The summed E-state index contributed by atoms with van der Waals surface area (Å²) < 4.78 is 35.8. The molecule has 220 valence electrons. The largest absolute Gasteiger partial charge is 0.497 e. The molecule has 0 saturated carbocycles. The molecule has 0 aromatic heterocycles. The fraction of sp³-hybridized carbons (Fsp3) is 0.400. The summed E-state index contributed by atoms with van der Waals surface area (Å²) in [6.45, 7) is 6.08. The van der Waals surface area contributed by atoms with Crippen molar-refractivity contribution >= 4 is 23.3 Å². The van der Waals surface area contributed by atoms with E-state index in [1.165, 1.54) is 24.3 Å². The van der Waals surface area contributed by atoms with Crippen molar-refractivity contribution in [2.75, 3.05) is 50.1 Å². The van der Waals surface area contributed by atoms with E-state index in [2.05, 4.69) is 27.2 Å². The Bertz CT molecular complexity index is 1250. The lowest BCUT2D eigenvalue weighted by molar-refractivity contribution is -0.158. The number of nitrogens with one attached hydrogen (secondary N) is 2. The number of unbranched alkanes of at least 4 members (excludes halogenated alkanes) is 1. The van der Waals surface area contributed by atoms with Gasteiger partial charge in [0, 0.05) is 69.3 Å². The molecular weight excluding hydrogens is 532 g/mol. The van der Waals surface area contributed by atoms with Gasteiger partial charge in [0.25, 0.3) is 5.91 Å². The monoisotopic (exact) mass is 569 g/mol. The Morgan fingerprint density at radius 1 is 0.951 bits per heavy atom. The van der Waals surface area contributed by atoms with Crippen molar-refractivity contribution in [2.24, 2.45) is 0 Å². The van der Waals surface area contributed by atoms with Gasteiger partial charge in [0.2, 0.25) is 0 Å². The summed E-state index contributed by atoms with van der Waals surface area (Å²) in [5.41, 5.74) is 2.78. The maximum atomic E-state index is 13.5. The van der Waals surface area contributed by atoms with Crippen molar-refractivity contribution in [3.8, 4) is 11.5 Å². The minimum atomic E-state index is -3.29. The van der Waals surface area contributed by atoms with Crippen molar-refractivity contribution in [3.05, 3.63) is 72.2 Å². The highest BCUT2D eigenvalue weighted by atomic mass is 19.3. The number of rotatable bonds is 10. The number of methoxy groups -OCH3 is 1. The maximum Gasteiger partial charge on any atom is 0.394 e. The van der Waals surface area contributed by atoms with E-state index < -0.39 is 12.1 Å². The van der Waals surface area contributed by atoms with E-state index in [-0.39, 0.29) is 11.7 Å². The van der Waals surface area contributed by atoms with E-state index in [1.807, 2.05) is 46.3 Å². The van der Waals surface area contributed by atoms with Gasteiger partial charge in [0.05, 0.1) is 7.11 Å². The molecule has 2 aromatic rings. The summed E-state index contributed by atoms with van der Waals surface area (Å²) in [7, 11) is 1.64. The van der Waals surface area contributed by atoms with Gasteiger partial charge in [-0.15, -0.1) is 0 Å². The summed E-state index contributed by atoms with van der Waals surface area (Å²) >= 11 is 0. The Morgan fingerprint density at radius 3 is 2.22 bits per heavy atom. The molecule has 0 bridgehead atoms. The number of carbonyl (C=O) groups excluding carboxylic acids is 2. The number of allylic oxidation sites excluding steroid dienone is 1. The molecule has 2 heterocycles. The fourth-order valence-corrected chi connectivity index (χ4v) is 4.69. The first-order chi connectivity index (χ1) is 19.6. The molecule has 11 heteroatoms. The molecule has 9 nitrogen and oxygen atoms in total. The van der Waals surface area contributed by atoms with Gasteiger partial charge in [-0.25, -0.2) is 4.79 Å². The molecule has 2 aromatic carbocycles. The zero-order chi connectivity index (χ0) is 29.4. The zero-order valence-corrected chi connectivity index (χ0v) is 23.7. The lowest BCUT2D eigenvalue weighted by Gasteiger charge is -2.38.